The largest absolute Gasteiger partial charge is 0.489 e. The average molecular weight is 380 g/mol. The molecule has 0 radical (unpaired) electrons. The van der Waals surface area contributed by atoms with E-state index in [4.69, 9.17) is 4.74 Å². The molecular weight excluding hydrogens is 360 g/mol. The van der Waals surface area contributed by atoms with Gasteiger partial charge in [-0.05, 0) is 45.7 Å². The molecule has 0 saturated heterocycles. The van der Waals surface area contributed by atoms with Crippen LogP contribution in [0.1, 0.15) is 16.7 Å². The summed E-state index contributed by atoms with van der Waals surface area (Å²) in [5.41, 5.74) is 2.81. The lowest BCUT2D eigenvalue weighted by molar-refractivity contribution is -0.130. The summed E-state index contributed by atoms with van der Waals surface area (Å²) in [6.45, 7) is 0.443. The van der Waals surface area contributed by atoms with Gasteiger partial charge in [-0.25, -0.2) is 4.79 Å². The minimum atomic E-state index is -0.960. The number of carboxylic acids is 1. The van der Waals surface area contributed by atoms with E-state index in [2.05, 4.69) is 24.3 Å². The van der Waals surface area contributed by atoms with E-state index in [0.717, 1.165) is 11.1 Å². The molecule has 4 aromatic rings. The molecule has 29 heavy (non-hydrogen) atoms. The molecule has 0 aromatic heterocycles. The second-order valence-electron chi connectivity index (χ2n) is 6.73. The monoisotopic (exact) mass is 380 g/mol. The predicted octanol–water partition coefficient (Wildman–Crippen LogP) is 6.04. The van der Waals surface area contributed by atoms with E-state index in [-0.39, 0.29) is 5.57 Å². The molecule has 4 rings (SSSR count). The molecule has 0 spiro atoms. The second-order valence-corrected chi connectivity index (χ2v) is 6.73. The molecule has 0 aliphatic rings. The summed E-state index contributed by atoms with van der Waals surface area (Å²) >= 11 is 0. The molecule has 0 saturated carbocycles. The summed E-state index contributed by atoms with van der Waals surface area (Å²) < 4.78 is 6.01. The molecule has 3 heteroatoms. The molecule has 0 heterocycles. The van der Waals surface area contributed by atoms with Crippen LogP contribution in [0, 0.1) is 0 Å². The lowest BCUT2D eigenvalue weighted by Gasteiger charge is -2.10. The number of carboxylic acid groups (broad SMARTS) is 1. The third-order valence-corrected chi connectivity index (χ3v) is 4.76. The third-order valence-electron chi connectivity index (χ3n) is 4.76. The maximum atomic E-state index is 11.7. The van der Waals surface area contributed by atoms with Gasteiger partial charge in [-0.15, -0.1) is 0 Å². The molecule has 0 bridgehead atoms. The van der Waals surface area contributed by atoms with Crippen molar-refractivity contribution in [3.05, 3.63) is 114 Å². The van der Waals surface area contributed by atoms with Gasteiger partial charge in [-0.2, -0.15) is 0 Å². The van der Waals surface area contributed by atoms with Crippen LogP contribution >= 0.6 is 0 Å². The number of ether oxygens (including phenoxy) is 1. The van der Waals surface area contributed by atoms with Gasteiger partial charge in [0.15, 0.2) is 0 Å². The van der Waals surface area contributed by atoms with E-state index in [9.17, 15) is 9.90 Å². The van der Waals surface area contributed by atoms with Gasteiger partial charge in [0.2, 0.25) is 0 Å². The van der Waals surface area contributed by atoms with Gasteiger partial charge in [0.25, 0.3) is 0 Å². The molecule has 0 aliphatic carbocycles. The maximum absolute atomic E-state index is 11.7. The van der Waals surface area contributed by atoms with Gasteiger partial charge in [0.1, 0.15) is 12.4 Å². The molecule has 3 nitrogen and oxygen atoms in total. The summed E-state index contributed by atoms with van der Waals surface area (Å²) in [4.78, 5) is 11.7. The van der Waals surface area contributed by atoms with Crippen LogP contribution in [0.25, 0.3) is 22.4 Å². The summed E-state index contributed by atoms with van der Waals surface area (Å²) in [5, 5.41) is 12.0. The molecule has 142 valence electrons. The van der Waals surface area contributed by atoms with Crippen molar-refractivity contribution < 1.29 is 14.6 Å². The Labute approximate surface area is 169 Å². The van der Waals surface area contributed by atoms with Crippen molar-refractivity contribution in [3.63, 3.8) is 0 Å². The second kappa shape index (κ2) is 8.44. The van der Waals surface area contributed by atoms with Crippen LogP contribution in [0.2, 0.25) is 0 Å². The van der Waals surface area contributed by atoms with E-state index in [1.165, 1.54) is 10.8 Å². The van der Waals surface area contributed by atoms with Gasteiger partial charge in [-0.1, -0.05) is 84.9 Å². The van der Waals surface area contributed by atoms with Crippen LogP contribution in [0.5, 0.6) is 5.75 Å². The molecule has 0 atom stereocenters. The quantitative estimate of drug-likeness (QED) is 0.327. The molecule has 1 N–H and O–H groups in total. The SMILES string of the molecule is O=C(O)/C(=C\c1cccc(OCc2cccc3ccccc23)c1)c1ccccc1. The number of aliphatic carboxylic acids is 1. The molecule has 0 amide bonds. The number of rotatable bonds is 6. The Bertz CT molecular complexity index is 1170. The third kappa shape index (κ3) is 4.36. The van der Waals surface area contributed by atoms with Crippen molar-refractivity contribution in [2.45, 2.75) is 6.61 Å². The van der Waals surface area contributed by atoms with Crippen molar-refractivity contribution in [2.24, 2.45) is 0 Å². The highest BCUT2D eigenvalue weighted by atomic mass is 16.5. The van der Waals surface area contributed by atoms with E-state index >= 15 is 0 Å². The highest BCUT2D eigenvalue weighted by Crippen LogP contribution is 2.23. The van der Waals surface area contributed by atoms with E-state index in [1.807, 2.05) is 60.7 Å². The summed E-state index contributed by atoms with van der Waals surface area (Å²) in [6, 6.07) is 31.0. The highest BCUT2D eigenvalue weighted by Gasteiger charge is 2.10. The molecule has 4 aromatic carbocycles. The van der Waals surface area contributed by atoms with Crippen molar-refractivity contribution in [1.29, 1.82) is 0 Å². The van der Waals surface area contributed by atoms with E-state index in [0.29, 0.717) is 17.9 Å². The summed E-state index contributed by atoms with van der Waals surface area (Å²) in [5.74, 6) is -0.261. The van der Waals surface area contributed by atoms with Crippen molar-refractivity contribution >= 4 is 28.4 Å². The highest BCUT2D eigenvalue weighted by molar-refractivity contribution is 6.20. The standard InChI is InChI=1S/C26H20O3/c27-26(28)25(21-9-2-1-3-10-21)17-19-8-6-14-23(16-19)29-18-22-13-7-12-20-11-4-5-15-24(20)22/h1-17H,18H2,(H,27,28)/b25-17-. The Kier molecular flexibility index (Phi) is 5.39. The first kappa shape index (κ1) is 18.5. The van der Waals surface area contributed by atoms with Crippen LogP contribution in [0.3, 0.4) is 0 Å². The zero-order valence-electron chi connectivity index (χ0n) is 15.8. The lowest BCUT2D eigenvalue weighted by Crippen LogP contribution is -1.99. The minimum Gasteiger partial charge on any atom is -0.489 e. The van der Waals surface area contributed by atoms with Crippen LogP contribution in [0.15, 0.2) is 97.1 Å². The minimum absolute atomic E-state index is 0.247. The van der Waals surface area contributed by atoms with Crippen LogP contribution in [-0.4, -0.2) is 11.1 Å². The topological polar surface area (TPSA) is 46.5 Å². The van der Waals surface area contributed by atoms with Crippen molar-refractivity contribution in [3.8, 4) is 5.75 Å². The fraction of sp³-hybridized carbons (Fsp3) is 0.0385. The van der Waals surface area contributed by atoms with Gasteiger partial charge < -0.3 is 9.84 Å². The van der Waals surface area contributed by atoms with Gasteiger partial charge in [0.05, 0.1) is 5.57 Å². The summed E-state index contributed by atoms with van der Waals surface area (Å²) in [7, 11) is 0. The Hall–Kier alpha value is -3.85. The molecule has 0 aliphatic heterocycles. The number of hydrogen-bond donors (Lipinski definition) is 1. The Morgan fingerprint density at radius 3 is 2.38 bits per heavy atom. The van der Waals surface area contributed by atoms with Crippen molar-refractivity contribution in [1.82, 2.24) is 0 Å². The summed E-state index contributed by atoms with van der Waals surface area (Å²) in [6.07, 6.45) is 1.67. The van der Waals surface area contributed by atoms with E-state index in [1.54, 1.807) is 18.2 Å². The van der Waals surface area contributed by atoms with Crippen LogP contribution in [0.4, 0.5) is 0 Å². The van der Waals surface area contributed by atoms with Crippen molar-refractivity contribution in [2.75, 3.05) is 0 Å². The molecule has 0 fully saturated rings. The van der Waals surface area contributed by atoms with E-state index < -0.39 is 5.97 Å². The van der Waals surface area contributed by atoms with Crippen LogP contribution < -0.4 is 4.74 Å². The Morgan fingerprint density at radius 1 is 0.828 bits per heavy atom. The zero-order valence-corrected chi connectivity index (χ0v) is 15.8. The zero-order chi connectivity index (χ0) is 20.1. The number of fused-ring (bicyclic) bond motifs is 1. The number of carbonyl (C=O) groups is 1. The van der Waals surface area contributed by atoms with Gasteiger partial charge in [0, 0.05) is 0 Å². The first-order valence-electron chi connectivity index (χ1n) is 9.40. The normalized spacial score (nSPS) is 11.4. The van der Waals surface area contributed by atoms with Crippen LogP contribution in [-0.2, 0) is 11.4 Å². The van der Waals surface area contributed by atoms with Gasteiger partial charge in [-0.3, -0.25) is 0 Å². The number of benzene rings is 4. The first-order valence-corrected chi connectivity index (χ1v) is 9.40. The lowest BCUT2D eigenvalue weighted by atomic mass is 10.0. The predicted molar refractivity (Wildman–Crippen MR) is 117 cm³/mol. The Morgan fingerprint density at radius 2 is 1.55 bits per heavy atom. The fourth-order valence-electron chi connectivity index (χ4n) is 3.33. The fourth-order valence-corrected chi connectivity index (χ4v) is 3.33. The average Bonchev–Trinajstić information content (AvgIpc) is 2.77. The van der Waals surface area contributed by atoms with Gasteiger partial charge >= 0.3 is 5.97 Å². The number of hydrogen-bond acceptors (Lipinski definition) is 2. The first-order chi connectivity index (χ1) is 14.2. The smallest absolute Gasteiger partial charge is 0.336 e. The Balaban J connectivity index is 1.58. The molecular formula is C26H20O3. The maximum Gasteiger partial charge on any atom is 0.336 e. The molecule has 0 unspecified atom stereocenters.